The van der Waals surface area contributed by atoms with Crippen molar-refractivity contribution >= 4 is 0 Å². The van der Waals surface area contributed by atoms with Crippen LogP contribution in [0.5, 0.6) is 0 Å². The number of hydrogen-bond donors (Lipinski definition) is 0. The first-order valence-electron chi connectivity index (χ1n) is 6.24. The van der Waals surface area contributed by atoms with E-state index in [1.165, 1.54) is 0 Å². The van der Waals surface area contributed by atoms with Crippen LogP contribution >= 0.6 is 0 Å². The lowest BCUT2D eigenvalue weighted by molar-refractivity contribution is 0.757. The fourth-order valence-corrected chi connectivity index (χ4v) is 2.54. The van der Waals surface area contributed by atoms with Crippen molar-refractivity contribution in [2.45, 2.75) is 0 Å². The van der Waals surface area contributed by atoms with Crippen LogP contribution in [-0.2, 0) is 0 Å². The Labute approximate surface area is 102 Å². The second-order valence-corrected chi connectivity index (χ2v) is 4.38. The molecule has 6 nitrogen and oxygen atoms in total. The minimum atomic E-state index is 0.727. The monoisotopic (exact) mass is 240 g/mol. The first-order chi connectivity index (χ1) is 8.95. The van der Waals surface area contributed by atoms with Gasteiger partial charge in [0.25, 0.3) is 0 Å². The van der Waals surface area contributed by atoms with Crippen molar-refractivity contribution in [2.24, 2.45) is 30.0 Å². The lowest BCUT2D eigenvalue weighted by Gasteiger charge is -2.07. The summed E-state index contributed by atoms with van der Waals surface area (Å²) in [5.41, 5.74) is 0. The van der Waals surface area contributed by atoms with Crippen LogP contribution in [0.25, 0.3) is 0 Å². The molecule has 3 aliphatic rings. The maximum Gasteiger partial charge on any atom is 0.112 e. The van der Waals surface area contributed by atoms with E-state index >= 15 is 0 Å². The van der Waals surface area contributed by atoms with Gasteiger partial charge in [0.2, 0.25) is 0 Å². The Kier molecular flexibility index (Phi) is 2.09. The highest BCUT2D eigenvalue weighted by atomic mass is 14.9. The van der Waals surface area contributed by atoms with Gasteiger partial charge in [-0.1, -0.05) is 0 Å². The first-order valence-corrected chi connectivity index (χ1v) is 6.24. The van der Waals surface area contributed by atoms with E-state index in [9.17, 15) is 0 Å². The Bertz CT molecular complexity index is 649. The van der Waals surface area contributed by atoms with Crippen LogP contribution in [0.4, 0.5) is 0 Å². The maximum atomic E-state index is 4.57. The van der Waals surface area contributed by atoms with E-state index in [1.807, 2.05) is 0 Å². The number of fused-ring (bicyclic) bond motifs is 6. The van der Waals surface area contributed by atoms with E-state index in [0.29, 0.717) is 0 Å². The Morgan fingerprint density at radius 1 is 0.333 bits per heavy atom. The van der Waals surface area contributed by atoms with Gasteiger partial charge in [-0.05, 0) is 0 Å². The third-order valence-electron chi connectivity index (χ3n) is 3.27. The molecule has 6 heteroatoms. The molecule has 0 atom stereocenters. The molecule has 90 valence electrons. The van der Waals surface area contributed by atoms with Crippen LogP contribution < -0.4 is 32.1 Å². The lowest BCUT2D eigenvalue weighted by Crippen LogP contribution is -2.68. The van der Waals surface area contributed by atoms with E-state index in [2.05, 4.69) is 30.0 Å². The van der Waals surface area contributed by atoms with E-state index in [-0.39, 0.29) is 0 Å². The first kappa shape index (κ1) is 9.99. The molecule has 0 saturated carbocycles. The third-order valence-corrected chi connectivity index (χ3v) is 3.27. The molecule has 0 bridgehead atoms. The summed E-state index contributed by atoms with van der Waals surface area (Å²) in [6, 6.07) is 0. The Hall–Kier alpha value is -1.98. The molecule has 0 amide bonds. The molecular weight excluding hydrogens is 228 g/mol. The van der Waals surface area contributed by atoms with Crippen molar-refractivity contribution in [1.29, 1.82) is 0 Å². The molecule has 0 aromatic heterocycles. The van der Waals surface area contributed by atoms with Crippen LogP contribution in [0.3, 0.4) is 0 Å². The molecule has 1 aromatic carbocycles. The summed E-state index contributed by atoms with van der Waals surface area (Å²) < 4.78 is 0. The zero-order chi connectivity index (χ0) is 11.9. The van der Waals surface area contributed by atoms with Gasteiger partial charge in [0.1, 0.15) is 32.1 Å². The number of hydrogen-bond acceptors (Lipinski definition) is 6. The average Bonchev–Trinajstić information content (AvgIpc) is 2.48. The molecule has 0 aliphatic carbocycles. The van der Waals surface area contributed by atoms with E-state index < -0.39 is 0 Å². The molecule has 0 unspecified atom stereocenters. The highest BCUT2D eigenvalue weighted by Gasteiger charge is 2.11. The standard InChI is InChI=1S/C12H12N6/c1-2-14-8-7(13-1)9-11(17-4-3-15-9)12-10(8)16-5-6-18-12/h1-6H2. The van der Waals surface area contributed by atoms with Gasteiger partial charge in [-0.25, -0.2) is 0 Å². The molecule has 18 heavy (non-hydrogen) atoms. The zero-order valence-corrected chi connectivity index (χ0v) is 9.93. The molecule has 0 spiro atoms. The SMILES string of the molecule is C1CN=c2c(c3c(c4c2=NCCN=4)=NCCN=3)=N1. The van der Waals surface area contributed by atoms with Gasteiger partial charge in [0.15, 0.2) is 0 Å². The molecular formula is C12H12N6. The van der Waals surface area contributed by atoms with Crippen molar-refractivity contribution in [1.82, 2.24) is 0 Å². The molecule has 0 fully saturated rings. The van der Waals surface area contributed by atoms with Gasteiger partial charge in [-0.2, -0.15) is 0 Å². The van der Waals surface area contributed by atoms with Gasteiger partial charge in [-0.15, -0.1) is 0 Å². The second-order valence-electron chi connectivity index (χ2n) is 4.38. The fourth-order valence-electron chi connectivity index (χ4n) is 2.54. The topological polar surface area (TPSA) is 74.2 Å². The molecule has 3 aliphatic heterocycles. The number of rotatable bonds is 0. The lowest BCUT2D eigenvalue weighted by atomic mass is 10.2. The average molecular weight is 240 g/mol. The summed E-state index contributed by atoms with van der Waals surface area (Å²) in [4.78, 5) is 27.4. The van der Waals surface area contributed by atoms with Crippen LogP contribution in [0.15, 0.2) is 30.0 Å². The van der Waals surface area contributed by atoms with Gasteiger partial charge in [-0.3, -0.25) is 30.0 Å². The van der Waals surface area contributed by atoms with Gasteiger partial charge in [0.05, 0.1) is 39.3 Å². The molecule has 0 saturated heterocycles. The van der Waals surface area contributed by atoms with Crippen LogP contribution in [0.1, 0.15) is 0 Å². The zero-order valence-electron chi connectivity index (χ0n) is 9.93. The summed E-state index contributed by atoms with van der Waals surface area (Å²) >= 11 is 0. The van der Waals surface area contributed by atoms with Crippen molar-refractivity contribution in [2.75, 3.05) is 39.3 Å². The van der Waals surface area contributed by atoms with Crippen LogP contribution in [-0.4, -0.2) is 39.3 Å². The third kappa shape index (κ3) is 1.28. The Balaban J connectivity index is 2.45. The predicted octanol–water partition coefficient (Wildman–Crippen LogP) is -3.55. The summed E-state index contributed by atoms with van der Waals surface area (Å²) in [6.07, 6.45) is 0. The van der Waals surface area contributed by atoms with Crippen LogP contribution in [0.2, 0.25) is 0 Å². The molecule has 0 N–H and O–H groups in total. The number of benzene rings is 1. The van der Waals surface area contributed by atoms with Crippen LogP contribution in [0, 0.1) is 0 Å². The van der Waals surface area contributed by atoms with Crippen molar-refractivity contribution in [3.63, 3.8) is 0 Å². The van der Waals surface area contributed by atoms with Gasteiger partial charge < -0.3 is 0 Å². The summed E-state index contributed by atoms with van der Waals surface area (Å²) in [5.74, 6) is 0. The van der Waals surface area contributed by atoms with E-state index in [4.69, 9.17) is 0 Å². The largest absolute Gasteiger partial charge is 0.279 e. The van der Waals surface area contributed by atoms with E-state index in [1.54, 1.807) is 0 Å². The quantitative estimate of drug-likeness (QED) is 0.450. The summed E-state index contributed by atoms with van der Waals surface area (Å²) in [5, 5.41) is 5.25. The van der Waals surface area contributed by atoms with Crippen molar-refractivity contribution < 1.29 is 0 Å². The Morgan fingerprint density at radius 3 is 0.667 bits per heavy atom. The predicted molar refractivity (Wildman–Crippen MR) is 62.6 cm³/mol. The highest BCUT2D eigenvalue weighted by Crippen LogP contribution is 1.77. The minimum Gasteiger partial charge on any atom is -0.279 e. The van der Waals surface area contributed by atoms with Gasteiger partial charge in [0, 0.05) is 0 Å². The molecule has 1 aromatic rings. The van der Waals surface area contributed by atoms with E-state index in [0.717, 1.165) is 71.4 Å². The smallest absolute Gasteiger partial charge is 0.112 e. The van der Waals surface area contributed by atoms with Gasteiger partial charge >= 0.3 is 0 Å². The number of nitrogens with zero attached hydrogens (tertiary/aromatic N) is 6. The minimum absolute atomic E-state index is 0.727. The van der Waals surface area contributed by atoms with Crippen molar-refractivity contribution in [3.8, 4) is 0 Å². The summed E-state index contributed by atoms with van der Waals surface area (Å²) in [7, 11) is 0. The molecule has 4 rings (SSSR count). The molecule has 3 heterocycles. The second kappa shape index (κ2) is 3.76. The highest BCUT2D eigenvalue weighted by molar-refractivity contribution is 5.05. The summed E-state index contributed by atoms with van der Waals surface area (Å²) in [6.45, 7) is 4.36. The van der Waals surface area contributed by atoms with Crippen molar-refractivity contribution in [3.05, 3.63) is 32.1 Å². The maximum absolute atomic E-state index is 4.57. The Morgan fingerprint density at radius 2 is 0.500 bits per heavy atom. The fraction of sp³-hybridized carbons (Fsp3) is 0.500. The molecule has 0 radical (unpaired) electrons. The normalized spacial score (nSPS) is 19.3.